The first-order chi connectivity index (χ1) is 7.40. The van der Waals surface area contributed by atoms with Gasteiger partial charge >= 0.3 is 5.97 Å². The molecule has 0 saturated heterocycles. The van der Waals surface area contributed by atoms with E-state index in [0.717, 1.165) is 12.1 Å². The van der Waals surface area contributed by atoms with E-state index >= 15 is 0 Å². The smallest absolute Gasteiger partial charge is 0.303 e. The lowest BCUT2D eigenvalue weighted by Crippen LogP contribution is -1.93. The maximum Gasteiger partial charge on any atom is 0.303 e. The summed E-state index contributed by atoms with van der Waals surface area (Å²) in [5.41, 5.74) is 10.4. The fourth-order valence-electron chi connectivity index (χ4n) is 1.19. The van der Waals surface area contributed by atoms with Crippen LogP contribution < -0.4 is 5.73 Å². The van der Waals surface area contributed by atoms with Crippen molar-refractivity contribution in [2.24, 2.45) is 0 Å². The van der Waals surface area contributed by atoms with Gasteiger partial charge in [0, 0.05) is 12.1 Å². The first-order valence-corrected chi connectivity index (χ1v) is 5.44. The van der Waals surface area contributed by atoms with Crippen LogP contribution in [0, 0.1) is 20.8 Å². The number of hydrogen-bond acceptors (Lipinski definition) is 2. The van der Waals surface area contributed by atoms with Crippen molar-refractivity contribution >= 4 is 11.7 Å². The molecular formula is C13H21NO2. The van der Waals surface area contributed by atoms with Crippen LogP contribution in [0.15, 0.2) is 12.1 Å². The van der Waals surface area contributed by atoms with Crippen LogP contribution in [0.2, 0.25) is 0 Å². The molecule has 0 amide bonds. The Bertz CT molecular complexity index is 332. The van der Waals surface area contributed by atoms with Crippen LogP contribution >= 0.6 is 0 Å². The molecule has 1 aromatic rings. The molecule has 0 aliphatic heterocycles. The number of hydrogen-bond donors (Lipinski definition) is 2. The molecule has 0 saturated carbocycles. The predicted molar refractivity (Wildman–Crippen MR) is 67.6 cm³/mol. The molecule has 3 nitrogen and oxygen atoms in total. The molecule has 1 rings (SSSR count). The summed E-state index contributed by atoms with van der Waals surface area (Å²) in [5.74, 6) is -0.711. The van der Waals surface area contributed by atoms with Gasteiger partial charge in [0.2, 0.25) is 0 Å². The highest BCUT2D eigenvalue weighted by molar-refractivity contribution is 5.66. The average molecular weight is 223 g/mol. The van der Waals surface area contributed by atoms with Crippen molar-refractivity contribution in [1.82, 2.24) is 0 Å². The zero-order valence-electron chi connectivity index (χ0n) is 10.5. The van der Waals surface area contributed by atoms with Gasteiger partial charge in [-0.2, -0.15) is 0 Å². The molecule has 0 bridgehead atoms. The van der Waals surface area contributed by atoms with E-state index in [9.17, 15) is 4.79 Å². The second kappa shape index (κ2) is 6.88. The zero-order valence-corrected chi connectivity index (χ0v) is 10.5. The molecule has 0 unspecified atom stereocenters. The monoisotopic (exact) mass is 223 g/mol. The third kappa shape index (κ3) is 4.82. The summed E-state index contributed by atoms with van der Waals surface area (Å²) in [7, 11) is 0. The van der Waals surface area contributed by atoms with Gasteiger partial charge < -0.3 is 10.8 Å². The number of anilines is 1. The second-order valence-corrected chi connectivity index (χ2v) is 3.87. The number of carboxylic acids is 1. The summed E-state index contributed by atoms with van der Waals surface area (Å²) in [5, 5.41) is 7.91. The van der Waals surface area contributed by atoms with E-state index in [4.69, 9.17) is 10.8 Å². The fourth-order valence-corrected chi connectivity index (χ4v) is 1.19. The van der Waals surface area contributed by atoms with E-state index in [2.05, 4.69) is 26.8 Å². The van der Waals surface area contributed by atoms with Crippen LogP contribution in [0.4, 0.5) is 5.69 Å². The summed E-state index contributed by atoms with van der Waals surface area (Å²) in [6.45, 7) is 8.09. The van der Waals surface area contributed by atoms with Crippen molar-refractivity contribution in [3.63, 3.8) is 0 Å². The Kier molecular flexibility index (Phi) is 6.23. The summed E-state index contributed by atoms with van der Waals surface area (Å²) in [6.07, 6.45) is 1.02. The molecule has 0 aliphatic carbocycles. The largest absolute Gasteiger partial charge is 0.481 e. The number of benzene rings is 1. The summed E-state index contributed by atoms with van der Waals surface area (Å²) in [6, 6.07) is 4.01. The maximum absolute atomic E-state index is 9.60. The van der Waals surface area contributed by atoms with E-state index in [0.29, 0.717) is 6.42 Å². The lowest BCUT2D eigenvalue weighted by atomic mass is 10.0. The number of aryl methyl sites for hydroxylation is 1. The first kappa shape index (κ1) is 14.5. The number of carboxylic acid groups (broad SMARTS) is 1. The summed E-state index contributed by atoms with van der Waals surface area (Å²) in [4.78, 5) is 9.60. The van der Waals surface area contributed by atoms with Gasteiger partial charge in [-0.05, 0) is 49.9 Å². The van der Waals surface area contributed by atoms with Crippen molar-refractivity contribution in [3.8, 4) is 0 Å². The topological polar surface area (TPSA) is 63.3 Å². The molecule has 90 valence electrons. The van der Waals surface area contributed by atoms with Crippen LogP contribution in [-0.2, 0) is 4.79 Å². The minimum Gasteiger partial charge on any atom is -0.481 e. The third-order valence-electron chi connectivity index (χ3n) is 2.56. The molecule has 3 heteroatoms. The molecule has 0 fully saturated rings. The molecule has 0 spiro atoms. The van der Waals surface area contributed by atoms with Crippen molar-refractivity contribution in [2.75, 3.05) is 5.73 Å². The molecule has 0 aliphatic rings. The van der Waals surface area contributed by atoms with Gasteiger partial charge in [-0.3, -0.25) is 4.79 Å². The number of carbonyl (C=O) groups is 1. The number of aliphatic carboxylic acids is 1. The number of nitrogens with two attached hydrogens (primary N) is 1. The Hall–Kier alpha value is -1.51. The molecule has 1 aromatic carbocycles. The van der Waals surface area contributed by atoms with Gasteiger partial charge in [0.15, 0.2) is 0 Å². The summed E-state index contributed by atoms with van der Waals surface area (Å²) >= 11 is 0. The van der Waals surface area contributed by atoms with Crippen molar-refractivity contribution < 1.29 is 9.90 Å². The molecule has 0 aromatic heterocycles. The first-order valence-electron chi connectivity index (χ1n) is 5.44. The van der Waals surface area contributed by atoms with E-state index in [-0.39, 0.29) is 0 Å². The highest BCUT2D eigenvalue weighted by Gasteiger charge is 1.98. The molecule has 16 heavy (non-hydrogen) atoms. The van der Waals surface area contributed by atoms with Crippen LogP contribution in [0.3, 0.4) is 0 Å². The Balaban J connectivity index is 0.000000325. The highest BCUT2D eigenvalue weighted by Crippen LogP contribution is 2.17. The van der Waals surface area contributed by atoms with Crippen molar-refractivity contribution in [3.05, 3.63) is 28.8 Å². The van der Waals surface area contributed by atoms with Gasteiger partial charge in [-0.25, -0.2) is 0 Å². The Morgan fingerprint density at radius 1 is 1.25 bits per heavy atom. The van der Waals surface area contributed by atoms with E-state index in [1.165, 1.54) is 16.7 Å². The predicted octanol–water partition coefficient (Wildman–Crippen LogP) is 3.07. The van der Waals surface area contributed by atoms with Gasteiger partial charge in [0.1, 0.15) is 0 Å². The Morgan fingerprint density at radius 2 is 1.81 bits per heavy atom. The highest BCUT2D eigenvalue weighted by atomic mass is 16.4. The van der Waals surface area contributed by atoms with Crippen LogP contribution in [-0.4, -0.2) is 11.1 Å². The minimum absolute atomic E-state index is 0.292. The van der Waals surface area contributed by atoms with Crippen LogP contribution in [0.1, 0.15) is 36.5 Å². The molecule has 0 atom stereocenters. The van der Waals surface area contributed by atoms with Crippen LogP contribution in [0.25, 0.3) is 0 Å². The SMILES string of the molecule is CCCC(=O)O.Cc1ccc(N)c(C)c1C. The normalized spacial score (nSPS) is 9.25. The lowest BCUT2D eigenvalue weighted by molar-refractivity contribution is -0.137. The standard InChI is InChI=1S/C9H13N.C4H8O2/c1-6-4-5-9(10)8(3)7(6)2;1-2-3-4(5)6/h4-5H,10H2,1-3H3;2-3H2,1H3,(H,5,6). The number of rotatable bonds is 2. The molecule has 0 radical (unpaired) electrons. The van der Waals surface area contributed by atoms with Gasteiger partial charge in [-0.1, -0.05) is 13.0 Å². The van der Waals surface area contributed by atoms with Crippen molar-refractivity contribution in [2.45, 2.75) is 40.5 Å². The Morgan fingerprint density at radius 3 is 2.12 bits per heavy atom. The maximum atomic E-state index is 9.60. The van der Waals surface area contributed by atoms with E-state index < -0.39 is 5.97 Å². The van der Waals surface area contributed by atoms with Gasteiger partial charge in [0.05, 0.1) is 0 Å². The lowest BCUT2D eigenvalue weighted by Gasteiger charge is -2.05. The van der Waals surface area contributed by atoms with E-state index in [1.54, 1.807) is 0 Å². The second-order valence-electron chi connectivity index (χ2n) is 3.87. The summed E-state index contributed by atoms with van der Waals surface area (Å²) < 4.78 is 0. The molecule has 0 heterocycles. The van der Waals surface area contributed by atoms with Gasteiger partial charge in [0.25, 0.3) is 0 Å². The fraction of sp³-hybridized carbons (Fsp3) is 0.462. The third-order valence-corrected chi connectivity index (χ3v) is 2.56. The number of nitrogen functional groups attached to an aromatic ring is 1. The minimum atomic E-state index is -0.711. The van der Waals surface area contributed by atoms with Crippen LogP contribution in [0.5, 0.6) is 0 Å². The van der Waals surface area contributed by atoms with Crippen molar-refractivity contribution in [1.29, 1.82) is 0 Å². The molecular weight excluding hydrogens is 202 g/mol. The Labute approximate surface area is 97.3 Å². The van der Waals surface area contributed by atoms with Gasteiger partial charge in [-0.15, -0.1) is 0 Å². The van der Waals surface area contributed by atoms with E-state index in [1.807, 2.05) is 13.0 Å². The zero-order chi connectivity index (χ0) is 12.7. The average Bonchev–Trinajstić information content (AvgIpc) is 2.22. The quantitative estimate of drug-likeness (QED) is 0.757. The molecule has 3 N–H and O–H groups in total.